The van der Waals surface area contributed by atoms with Crippen molar-refractivity contribution in [3.05, 3.63) is 46.6 Å². The molecule has 7 heteroatoms. The van der Waals surface area contributed by atoms with Crippen LogP contribution >= 0.6 is 11.6 Å². The van der Waals surface area contributed by atoms with E-state index in [-0.39, 0.29) is 16.5 Å². The molecule has 0 saturated carbocycles. The summed E-state index contributed by atoms with van der Waals surface area (Å²) in [5.41, 5.74) is -0.413. The minimum atomic E-state index is -4.76. The van der Waals surface area contributed by atoms with Crippen molar-refractivity contribution >= 4 is 11.6 Å². The van der Waals surface area contributed by atoms with Crippen molar-refractivity contribution in [2.75, 3.05) is 0 Å². The maximum Gasteiger partial charge on any atom is 0.419 e. The summed E-state index contributed by atoms with van der Waals surface area (Å²) >= 11 is 5.61. The highest BCUT2D eigenvalue weighted by Crippen LogP contribution is 2.34. The summed E-state index contributed by atoms with van der Waals surface area (Å²) in [5, 5.41) is -0.0847. The van der Waals surface area contributed by atoms with Crippen LogP contribution in [0.3, 0.4) is 0 Å². The number of hydrogen-bond acceptors (Lipinski definition) is 2. The second-order valence-electron chi connectivity index (χ2n) is 3.86. The van der Waals surface area contributed by atoms with E-state index in [0.29, 0.717) is 11.6 Å². The molecule has 2 nitrogen and oxygen atoms in total. The van der Waals surface area contributed by atoms with E-state index in [2.05, 4.69) is 9.97 Å². The highest BCUT2D eigenvalue weighted by Gasteiger charge is 2.34. The Morgan fingerprint density at radius 2 is 1.89 bits per heavy atom. The summed E-state index contributed by atoms with van der Waals surface area (Å²) in [5.74, 6) is -1.32. The molecular weight excluding hydrogens is 284 g/mol. The minimum absolute atomic E-state index is 0.0847. The first-order valence-electron chi connectivity index (χ1n) is 5.15. The number of aryl methyl sites for hydroxylation is 1. The van der Waals surface area contributed by atoms with Gasteiger partial charge in [0.25, 0.3) is 0 Å². The Balaban J connectivity index is 2.61. The van der Waals surface area contributed by atoms with E-state index in [9.17, 15) is 17.6 Å². The average molecular weight is 291 g/mol. The van der Waals surface area contributed by atoms with Gasteiger partial charge in [0.1, 0.15) is 5.82 Å². The van der Waals surface area contributed by atoms with Gasteiger partial charge in [-0.2, -0.15) is 13.2 Å². The minimum Gasteiger partial charge on any atom is -0.226 e. The molecule has 2 aromatic rings. The van der Waals surface area contributed by atoms with Crippen LogP contribution in [0.2, 0.25) is 5.28 Å². The predicted octanol–water partition coefficient (Wildman–Crippen LogP) is 4.26. The number of halogens is 5. The Bertz CT molecular complexity index is 626. The van der Waals surface area contributed by atoms with Crippen molar-refractivity contribution in [2.24, 2.45) is 0 Å². The molecule has 0 amide bonds. The lowest BCUT2D eigenvalue weighted by Crippen LogP contribution is -2.08. The molecule has 0 N–H and O–H groups in total. The Morgan fingerprint density at radius 1 is 1.21 bits per heavy atom. The first-order chi connectivity index (χ1) is 8.79. The molecule has 1 aromatic carbocycles. The first kappa shape index (κ1) is 13.7. The Labute approximate surface area is 111 Å². The molecule has 0 radical (unpaired) electrons. The number of nitrogens with zero attached hydrogens (tertiary/aromatic N) is 2. The van der Waals surface area contributed by atoms with E-state index in [0.717, 1.165) is 6.07 Å². The molecule has 1 heterocycles. The van der Waals surface area contributed by atoms with Crippen LogP contribution in [0.15, 0.2) is 24.4 Å². The monoisotopic (exact) mass is 290 g/mol. The fourth-order valence-corrected chi connectivity index (χ4v) is 1.74. The van der Waals surface area contributed by atoms with E-state index >= 15 is 0 Å². The van der Waals surface area contributed by atoms with Crippen molar-refractivity contribution < 1.29 is 17.6 Å². The van der Waals surface area contributed by atoms with Gasteiger partial charge in [0.15, 0.2) is 0 Å². The SMILES string of the molecule is Cc1cnc(Cl)nc1-c1ccc(F)c(C(F)(F)F)c1. The molecule has 1 aromatic heterocycles. The maximum atomic E-state index is 13.2. The number of alkyl halides is 3. The third-order valence-electron chi connectivity index (χ3n) is 2.49. The molecule has 0 fully saturated rings. The Morgan fingerprint density at radius 3 is 2.53 bits per heavy atom. The van der Waals surface area contributed by atoms with Gasteiger partial charge in [0, 0.05) is 11.8 Å². The number of benzene rings is 1. The predicted molar refractivity (Wildman–Crippen MR) is 62.2 cm³/mol. The third kappa shape index (κ3) is 2.84. The lowest BCUT2D eigenvalue weighted by Gasteiger charge is -2.11. The summed E-state index contributed by atoms with van der Waals surface area (Å²) in [7, 11) is 0. The largest absolute Gasteiger partial charge is 0.419 e. The molecule has 100 valence electrons. The highest BCUT2D eigenvalue weighted by molar-refractivity contribution is 6.28. The molecule has 0 atom stereocenters. The molecule has 0 saturated heterocycles. The standard InChI is InChI=1S/C12H7ClF4N2/c1-6-5-18-11(13)19-10(6)7-2-3-9(14)8(4-7)12(15,16)17/h2-5H,1H3. The second kappa shape index (κ2) is 4.77. The van der Waals surface area contributed by atoms with Crippen LogP contribution in [0, 0.1) is 12.7 Å². The van der Waals surface area contributed by atoms with Gasteiger partial charge in [-0.1, -0.05) is 0 Å². The Kier molecular flexibility index (Phi) is 3.45. The summed E-state index contributed by atoms with van der Waals surface area (Å²) in [6.45, 7) is 1.63. The van der Waals surface area contributed by atoms with Crippen LogP contribution in [0.25, 0.3) is 11.3 Å². The van der Waals surface area contributed by atoms with Gasteiger partial charge >= 0.3 is 6.18 Å². The second-order valence-corrected chi connectivity index (χ2v) is 4.20. The van der Waals surface area contributed by atoms with Gasteiger partial charge in [-0.25, -0.2) is 14.4 Å². The van der Waals surface area contributed by atoms with Crippen LogP contribution in [0.5, 0.6) is 0 Å². The maximum absolute atomic E-state index is 13.2. The highest BCUT2D eigenvalue weighted by atomic mass is 35.5. The first-order valence-corrected chi connectivity index (χ1v) is 5.53. The molecule has 2 rings (SSSR count). The Hall–Kier alpha value is -1.69. The van der Waals surface area contributed by atoms with Gasteiger partial charge in [-0.05, 0) is 42.3 Å². The zero-order valence-corrected chi connectivity index (χ0v) is 10.3. The molecule has 0 aliphatic rings. The van der Waals surface area contributed by atoms with Gasteiger partial charge in [-0.3, -0.25) is 0 Å². The van der Waals surface area contributed by atoms with E-state index in [1.165, 1.54) is 12.3 Å². The van der Waals surface area contributed by atoms with Crippen LogP contribution in [0.4, 0.5) is 17.6 Å². The van der Waals surface area contributed by atoms with Gasteiger partial charge in [-0.15, -0.1) is 0 Å². The van der Waals surface area contributed by atoms with Gasteiger partial charge in [0.2, 0.25) is 5.28 Å². The molecule has 19 heavy (non-hydrogen) atoms. The van der Waals surface area contributed by atoms with E-state index in [1.807, 2.05) is 0 Å². The van der Waals surface area contributed by atoms with E-state index < -0.39 is 17.6 Å². The third-order valence-corrected chi connectivity index (χ3v) is 2.67. The van der Waals surface area contributed by atoms with Gasteiger partial charge in [0.05, 0.1) is 11.3 Å². The quantitative estimate of drug-likeness (QED) is 0.579. The van der Waals surface area contributed by atoms with Crippen LogP contribution in [-0.4, -0.2) is 9.97 Å². The molecule has 0 spiro atoms. The van der Waals surface area contributed by atoms with Crippen molar-refractivity contribution in [3.63, 3.8) is 0 Å². The molecule has 0 unspecified atom stereocenters. The molecule has 0 aliphatic carbocycles. The van der Waals surface area contributed by atoms with Crippen molar-refractivity contribution in [1.82, 2.24) is 9.97 Å². The van der Waals surface area contributed by atoms with Crippen LogP contribution < -0.4 is 0 Å². The lowest BCUT2D eigenvalue weighted by molar-refractivity contribution is -0.139. The molecule has 0 bridgehead atoms. The smallest absolute Gasteiger partial charge is 0.226 e. The summed E-state index contributed by atoms with van der Waals surface area (Å²) in [4.78, 5) is 7.57. The number of aromatic nitrogens is 2. The number of rotatable bonds is 1. The van der Waals surface area contributed by atoms with Crippen LogP contribution in [0.1, 0.15) is 11.1 Å². The average Bonchev–Trinajstić information content (AvgIpc) is 2.31. The summed E-state index contributed by atoms with van der Waals surface area (Å²) < 4.78 is 51.1. The van der Waals surface area contributed by atoms with Crippen molar-refractivity contribution in [3.8, 4) is 11.3 Å². The molecular formula is C12H7ClF4N2. The fourth-order valence-electron chi connectivity index (χ4n) is 1.60. The van der Waals surface area contributed by atoms with E-state index in [1.54, 1.807) is 6.92 Å². The van der Waals surface area contributed by atoms with Crippen LogP contribution in [-0.2, 0) is 6.18 Å². The van der Waals surface area contributed by atoms with E-state index in [4.69, 9.17) is 11.6 Å². The summed E-state index contributed by atoms with van der Waals surface area (Å²) in [6.07, 6.45) is -3.37. The number of hydrogen-bond donors (Lipinski definition) is 0. The zero-order chi connectivity index (χ0) is 14.2. The normalized spacial score (nSPS) is 11.7. The lowest BCUT2D eigenvalue weighted by atomic mass is 10.0. The fraction of sp³-hybridized carbons (Fsp3) is 0.167. The topological polar surface area (TPSA) is 25.8 Å². The van der Waals surface area contributed by atoms with Gasteiger partial charge < -0.3 is 0 Å². The van der Waals surface area contributed by atoms with Crippen molar-refractivity contribution in [2.45, 2.75) is 13.1 Å². The summed E-state index contributed by atoms with van der Waals surface area (Å²) in [6, 6.07) is 2.69. The molecule has 0 aliphatic heterocycles. The van der Waals surface area contributed by atoms with Crippen molar-refractivity contribution in [1.29, 1.82) is 0 Å². The zero-order valence-electron chi connectivity index (χ0n) is 9.59.